The Kier molecular flexibility index (Phi) is 143. The Hall–Kier alpha value is 2.87. The van der Waals surface area contributed by atoms with Gasteiger partial charge in [0.25, 0.3) is 0 Å². The molecular formula is AgCaCl3. The first-order valence-corrected chi connectivity index (χ1v) is 2.02. The van der Waals surface area contributed by atoms with Gasteiger partial charge in [0.15, 0.2) is 0 Å². The molecule has 0 aliphatic rings. The van der Waals surface area contributed by atoms with E-state index in [1.165, 1.54) is 0 Å². The summed E-state index contributed by atoms with van der Waals surface area (Å²) < 4.78 is 0. The Morgan fingerprint density at radius 1 is 1.00 bits per heavy atom. The fourth-order valence-electron chi connectivity index (χ4n) is 0. The SMILES string of the molecule is [Ca+2].[Cl-].[Cl-].[Cl][Ag]. The number of halogens is 3. The second-order valence-electron chi connectivity index (χ2n) is 0. The van der Waals surface area contributed by atoms with Gasteiger partial charge in [-0.2, -0.15) is 0 Å². The van der Waals surface area contributed by atoms with E-state index < -0.39 is 0 Å². The Morgan fingerprint density at radius 2 is 1.00 bits per heavy atom. The zero-order valence-electron chi connectivity index (χ0n) is 2.14. The van der Waals surface area contributed by atoms with Gasteiger partial charge in [0.05, 0.1) is 0 Å². The van der Waals surface area contributed by atoms with E-state index in [4.69, 9.17) is 0 Å². The molecule has 5 heavy (non-hydrogen) atoms. The van der Waals surface area contributed by atoms with E-state index >= 15 is 0 Å². The van der Waals surface area contributed by atoms with Gasteiger partial charge in [-0.3, -0.25) is 0 Å². The van der Waals surface area contributed by atoms with Gasteiger partial charge in [0.2, 0.25) is 0 Å². The second-order valence-corrected chi connectivity index (χ2v) is 0. The van der Waals surface area contributed by atoms with Gasteiger partial charge >= 0.3 is 66.9 Å². The summed E-state index contributed by atoms with van der Waals surface area (Å²) >= 11 is 2.42. The van der Waals surface area contributed by atoms with Crippen LogP contribution in [0.3, 0.4) is 0 Å². The van der Waals surface area contributed by atoms with E-state index in [9.17, 15) is 0 Å². The summed E-state index contributed by atoms with van der Waals surface area (Å²) in [4.78, 5) is 0. The molecule has 0 atom stereocenters. The summed E-state index contributed by atoms with van der Waals surface area (Å²) in [6.45, 7) is 0. The minimum atomic E-state index is 0. The third-order valence-electron chi connectivity index (χ3n) is 0. The van der Waals surface area contributed by atoms with Crippen molar-refractivity contribution in [2.24, 2.45) is 0 Å². The van der Waals surface area contributed by atoms with Crippen molar-refractivity contribution in [3.8, 4) is 0 Å². The van der Waals surface area contributed by atoms with Crippen LogP contribution in [0.1, 0.15) is 0 Å². The summed E-state index contributed by atoms with van der Waals surface area (Å²) in [6.07, 6.45) is 0. The number of hydrogen-bond acceptors (Lipinski definition) is 0. The van der Waals surface area contributed by atoms with E-state index in [-0.39, 0.29) is 62.6 Å². The zero-order valence-corrected chi connectivity index (χ0v) is 8.10. The minimum absolute atomic E-state index is 0. The van der Waals surface area contributed by atoms with Crippen molar-refractivity contribution in [2.75, 3.05) is 0 Å². The number of rotatable bonds is 0. The van der Waals surface area contributed by atoms with Crippen molar-refractivity contribution < 1.29 is 44.8 Å². The molecule has 5 heteroatoms. The molecule has 0 fully saturated rings. The van der Waals surface area contributed by atoms with E-state index in [2.05, 4.69) is 29.2 Å². The molecule has 0 N–H and O–H groups in total. The first kappa shape index (κ1) is 24.8. The van der Waals surface area contributed by atoms with Crippen LogP contribution in [0, 0.1) is 0 Å². The van der Waals surface area contributed by atoms with Gasteiger partial charge in [-0.05, 0) is 0 Å². The maximum atomic E-state index is 4.45. The van der Waals surface area contributed by atoms with Crippen molar-refractivity contribution in [2.45, 2.75) is 0 Å². The van der Waals surface area contributed by atoms with Crippen molar-refractivity contribution in [3.63, 3.8) is 0 Å². The zero-order chi connectivity index (χ0) is 2.00. The third kappa shape index (κ3) is 19.8. The summed E-state index contributed by atoms with van der Waals surface area (Å²) in [7, 11) is 4.45. The van der Waals surface area contributed by atoms with Crippen LogP contribution in [0.2, 0.25) is 0 Å². The monoisotopic (exact) mass is 252 g/mol. The molecule has 0 saturated carbocycles. The fraction of sp³-hybridized carbons (Fsp3) is 0. The fourth-order valence-corrected chi connectivity index (χ4v) is 0. The van der Waals surface area contributed by atoms with Gasteiger partial charge in [-0.15, -0.1) is 0 Å². The van der Waals surface area contributed by atoms with Crippen LogP contribution in [-0.2, 0) is 20.0 Å². The van der Waals surface area contributed by atoms with Crippen molar-refractivity contribution >= 4 is 46.9 Å². The Labute approximate surface area is 90.0 Å². The predicted octanol–water partition coefficient (Wildman–Crippen LogP) is -5.69. The van der Waals surface area contributed by atoms with Gasteiger partial charge < -0.3 is 24.8 Å². The van der Waals surface area contributed by atoms with Crippen molar-refractivity contribution in [1.29, 1.82) is 0 Å². The normalized spacial score (nSPS) is 1.40. The molecule has 0 rings (SSSR count). The van der Waals surface area contributed by atoms with Crippen LogP contribution in [0.25, 0.3) is 0 Å². The van der Waals surface area contributed by atoms with Crippen molar-refractivity contribution in [3.05, 3.63) is 0 Å². The molecule has 0 spiro atoms. The molecule has 0 radical (unpaired) electrons. The van der Waals surface area contributed by atoms with E-state index in [1.807, 2.05) is 0 Å². The van der Waals surface area contributed by atoms with E-state index in [0.29, 0.717) is 0 Å². The Bertz CT molecular complexity index is 6.85. The third-order valence-corrected chi connectivity index (χ3v) is 0. The van der Waals surface area contributed by atoms with Crippen LogP contribution in [0.15, 0.2) is 0 Å². The molecule has 0 aromatic heterocycles. The molecule has 0 unspecified atom stereocenters. The summed E-state index contributed by atoms with van der Waals surface area (Å²) in [5, 5.41) is 0. The van der Waals surface area contributed by atoms with Crippen LogP contribution in [-0.4, -0.2) is 37.7 Å². The average Bonchev–Trinajstić information content (AvgIpc) is 1.00. The summed E-state index contributed by atoms with van der Waals surface area (Å²) in [6, 6.07) is 0. The van der Waals surface area contributed by atoms with Crippen LogP contribution < -0.4 is 24.8 Å². The first-order chi connectivity index (χ1) is 1.00. The van der Waals surface area contributed by atoms with Crippen LogP contribution >= 0.6 is 9.19 Å². The molecule has 34 valence electrons. The molecule has 0 amide bonds. The van der Waals surface area contributed by atoms with E-state index in [0.717, 1.165) is 0 Å². The Balaban J connectivity index is -0.00000000167. The molecule has 0 saturated heterocycles. The molecule has 0 nitrogen and oxygen atoms in total. The predicted molar refractivity (Wildman–Crippen MR) is 11.6 cm³/mol. The van der Waals surface area contributed by atoms with E-state index in [1.54, 1.807) is 0 Å². The van der Waals surface area contributed by atoms with Gasteiger partial charge in [0.1, 0.15) is 0 Å². The topological polar surface area (TPSA) is 0 Å². The molecule has 0 aromatic carbocycles. The molecule has 0 bridgehead atoms. The summed E-state index contributed by atoms with van der Waals surface area (Å²) in [5.41, 5.74) is 0. The molecule has 0 heterocycles. The first-order valence-electron chi connectivity index (χ1n) is 0.114. The average molecular weight is 254 g/mol. The molecular weight excluding hydrogens is 254 g/mol. The van der Waals surface area contributed by atoms with Gasteiger partial charge in [0, 0.05) is 0 Å². The van der Waals surface area contributed by atoms with Crippen LogP contribution in [0.5, 0.6) is 0 Å². The Morgan fingerprint density at radius 3 is 1.00 bits per heavy atom. The van der Waals surface area contributed by atoms with Gasteiger partial charge in [-0.25, -0.2) is 0 Å². The van der Waals surface area contributed by atoms with Crippen molar-refractivity contribution in [1.82, 2.24) is 0 Å². The quantitative estimate of drug-likeness (QED) is 0.378. The summed E-state index contributed by atoms with van der Waals surface area (Å²) in [5.74, 6) is 0. The molecule has 0 aliphatic heterocycles. The number of hydrogen-bond donors (Lipinski definition) is 0. The standard InChI is InChI=1S/Ag.Ca.3ClH/h;;3*1H/q+1;+2;;;/p-3. The molecule has 0 aliphatic carbocycles. The van der Waals surface area contributed by atoms with Crippen LogP contribution in [0.4, 0.5) is 0 Å². The molecule has 0 aromatic rings. The second kappa shape index (κ2) is 28.7. The maximum absolute atomic E-state index is 4.45. The van der Waals surface area contributed by atoms with Gasteiger partial charge in [-0.1, -0.05) is 0 Å².